The van der Waals surface area contributed by atoms with E-state index in [1.807, 2.05) is 32.6 Å². The minimum absolute atomic E-state index is 0.304. The molecule has 2 heterocycles. The third-order valence-corrected chi connectivity index (χ3v) is 3.35. The van der Waals surface area contributed by atoms with Crippen LogP contribution < -0.4 is 4.90 Å². The van der Waals surface area contributed by atoms with Gasteiger partial charge in [0.15, 0.2) is 5.82 Å². The lowest BCUT2D eigenvalue weighted by Gasteiger charge is -2.35. The van der Waals surface area contributed by atoms with Crippen molar-refractivity contribution in [2.45, 2.75) is 39.7 Å². The zero-order valence-corrected chi connectivity index (χ0v) is 13.6. The highest BCUT2D eigenvalue weighted by Gasteiger charge is 2.26. The maximum absolute atomic E-state index is 13.4. The topological polar surface area (TPSA) is 58.6 Å². The van der Waals surface area contributed by atoms with E-state index in [2.05, 4.69) is 9.97 Å². The van der Waals surface area contributed by atoms with Gasteiger partial charge in [0, 0.05) is 26.2 Å². The molecule has 0 bridgehead atoms. The van der Waals surface area contributed by atoms with Gasteiger partial charge in [-0.1, -0.05) is 6.92 Å². The Labute approximate surface area is 130 Å². The highest BCUT2D eigenvalue weighted by molar-refractivity contribution is 5.68. The van der Waals surface area contributed by atoms with Crippen molar-refractivity contribution in [2.75, 3.05) is 31.1 Å². The summed E-state index contributed by atoms with van der Waals surface area (Å²) in [5, 5.41) is 0. The largest absolute Gasteiger partial charge is 0.444 e. The first-order chi connectivity index (χ1) is 10.3. The van der Waals surface area contributed by atoms with E-state index in [1.165, 1.54) is 6.20 Å². The molecule has 0 aliphatic carbocycles. The van der Waals surface area contributed by atoms with Gasteiger partial charge in [-0.3, -0.25) is 0 Å². The van der Waals surface area contributed by atoms with E-state index in [9.17, 15) is 9.18 Å². The third kappa shape index (κ3) is 4.05. The zero-order valence-electron chi connectivity index (χ0n) is 13.6. The maximum Gasteiger partial charge on any atom is 0.410 e. The number of aryl methyl sites for hydroxylation is 1. The highest BCUT2D eigenvalue weighted by Crippen LogP contribution is 2.16. The molecule has 1 aromatic heterocycles. The summed E-state index contributed by atoms with van der Waals surface area (Å²) >= 11 is 0. The molecule has 7 heteroatoms. The second-order valence-electron chi connectivity index (χ2n) is 6.27. The predicted octanol–water partition coefficient (Wildman–Crippen LogP) is 2.24. The molecule has 0 spiro atoms. The second kappa shape index (κ2) is 6.46. The van der Waals surface area contributed by atoms with Crippen LogP contribution in [0.5, 0.6) is 0 Å². The fourth-order valence-corrected chi connectivity index (χ4v) is 2.21. The summed E-state index contributed by atoms with van der Waals surface area (Å²) in [6.45, 7) is 9.69. The zero-order chi connectivity index (χ0) is 16.3. The van der Waals surface area contributed by atoms with Crippen LogP contribution in [0.15, 0.2) is 6.20 Å². The molecule has 1 amide bonds. The Bertz CT molecular complexity index is 537. The van der Waals surface area contributed by atoms with Crippen molar-refractivity contribution in [3.8, 4) is 0 Å². The fraction of sp³-hybridized carbons (Fsp3) is 0.667. The van der Waals surface area contributed by atoms with E-state index in [4.69, 9.17) is 4.74 Å². The van der Waals surface area contributed by atoms with E-state index in [0.29, 0.717) is 44.2 Å². The lowest BCUT2D eigenvalue weighted by Crippen LogP contribution is -2.50. The second-order valence-corrected chi connectivity index (χ2v) is 6.27. The Morgan fingerprint density at radius 3 is 2.50 bits per heavy atom. The van der Waals surface area contributed by atoms with Crippen molar-refractivity contribution in [2.24, 2.45) is 0 Å². The van der Waals surface area contributed by atoms with Crippen LogP contribution in [0.1, 0.15) is 33.4 Å². The van der Waals surface area contributed by atoms with Crippen LogP contribution in [0.2, 0.25) is 0 Å². The van der Waals surface area contributed by atoms with Gasteiger partial charge >= 0.3 is 6.09 Å². The van der Waals surface area contributed by atoms with Gasteiger partial charge in [-0.15, -0.1) is 0 Å². The van der Waals surface area contributed by atoms with Crippen LogP contribution in [-0.4, -0.2) is 52.7 Å². The molecule has 1 aliphatic heterocycles. The molecular formula is C15H23FN4O2. The third-order valence-electron chi connectivity index (χ3n) is 3.35. The predicted molar refractivity (Wildman–Crippen MR) is 81.4 cm³/mol. The maximum atomic E-state index is 13.4. The minimum atomic E-state index is -0.496. The summed E-state index contributed by atoms with van der Waals surface area (Å²) in [4.78, 5) is 23.9. The number of halogens is 1. The first-order valence-corrected chi connectivity index (χ1v) is 7.54. The molecule has 0 atom stereocenters. The van der Waals surface area contributed by atoms with Gasteiger partial charge in [-0.05, 0) is 27.2 Å². The van der Waals surface area contributed by atoms with Crippen LogP contribution in [-0.2, 0) is 11.2 Å². The molecule has 1 aromatic rings. The quantitative estimate of drug-likeness (QED) is 0.838. The van der Waals surface area contributed by atoms with Crippen molar-refractivity contribution in [1.82, 2.24) is 14.9 Å². The Kier molecular flexibility index (Phi) is 4.83. The summed E-state index contributed by atoms with van der Waals surface area (Å²) in [5.41, 5.74) is -0.0795. The SMILES string of the molecule is CCc1nc(N2CCN(C(=O)OC(C)(C)C)CC2)ncc1F. The number of hydrogen-bond acceptors (Lipinski definition) is 5. The average Bonchev–Trinajstić information content (AvgIpc) is 2.46. The minimum Gasteiger partial charge on any atom is -0.444 e. The molecule has 122 valence electrons. The van der Waals surface area contributed by atoms with Gasteiger partial charge in [-0.2, -0.15) is 0 Å². The Morgan fingerprint density at radius 1 is 1.32 bits per heavy atom. The molecule has 2 rings (SSSR count). The molecule has 1 aliphatic rings. The highest BCUT2D eigenvalue weighted by atomic mass is 19.1. The van der Waals surface area contributed by atoms with Gasteiger partial charge in [0.1, 0.15) is 5.60 Å². The number of ether oxygens (including phenoxy) is 1. The van der Waals surface area contributed by atoms with Crippen LogP contribution in [0.3, 0.4) is 0 Å². The Hall–Kier alpha value is -1.92. The monoisotopic (exact) mass is 310 g/mol. The van der Waals surface area contributed by atoms with Gasteiger partial charge < -0.3 is 14.5 Å². The molecule has 0 saturated carbocycles. The number of anilines is 1. The molecule has 6 nitrogen and oxygen atoms in total. The number of piperazine rings is 1. The molecule has 0 unspecified atom stereocenters. The van der Waals surface area contributed by atoms with Crippen LogP contribution in [0, 0.1) is 5.82 Å². The van der Waals surface area contributed by atoms with E-state index in [0.717, 1.165) is 0 Å². The summed E-state index contributed by atoms with van der Waals surface area (Å²) < 4.78 is 18.8. The molecule has 22 heavy (non-hydrogen) atoms. The molecule has 0 aromatic carbocycles. The lowest BCUT2D eigenvalue weighted by molar-refractivity contribution is 0.0240. The number of rotatable bonds is 2. The number of carbonyl (C=O) groups is 1. The number of nitrogens with zero attached hydrogens (tertiary/aromatic N) is 4. The molecule has 0 N–H and O–H groups in total. The molecule has 1 saturated heterocycles. The van der Waals surface area contributed by atoms with Crippen LogP contribution in [0.4, 0.5) is 15.1 Å². The number of carbonyl (C=O) groups excluding carboxylic acids is 1. The molecular weight excluding hydrogens is 287 g/mol. The normalized spacial score (nSPS) is 15.9. The Morgan fingerprint density at radius 2 is 1.95 bits per heavy atom. The van der Waals surface area contributed by atoms with Crippen LogP contribution in [0.25, 0.3) is 0 Å². The lowest BCUT2D eigenvalue weighted by atomic mass is 10.2. The number of aromatic nitrogens is 2. The van der Waals surface area contributed by atoms with Gasteiger partial charge in [-0.25, -0.2) is 19.2 Å². The summed E-state index contributed by atoms with van der Waals surface area (Å²) in [6.07, 6.45) is 1.43. The van der Waals surface area contributed by atoms with Crippen LogP contribution >= 0.6 is 0 Å². The van der Waals surface area contributed by atoms with E-state index < -0.39 is 5.60 Å². The first kappa shape index (κ1) is 16.5. The van der Waals surface area contributed by atoms with Gasteiger partial charge in [0.25, 0.3) is 0 Å². The van der Waals surface area contributed by atoms with E-state index >= 15 is 0 Å². The molecule has 0 radical (unpaired) electrons. The number of amides is 1. The average molecular weight is 310 g/mol. The van der Waals surface area contributed by atoms with E-state index in [-0.39, 0.29) is 11.9 Å². The summed E-state index contributed by atoms with van der Waals surface area (Å²) in [5.74, 6) is 0.140. The number of hydrogen-bond donors (Lipinski definition) is 0. The van der Waals surface area contributed by atoms with Crippen molar-refractivity contribution < 1.29 is 13.9 Å². The smallest absolute Gasteiger partial charge is 0.410 e. The van der Waals surface area contributed by atoms with E-state index in [1.54, 1.807) is 4.90 Å². The molecule has 1 fully saturated rings. The van der Waals surface area contributed by atoms with Gasteiger partial charge in [0.05, 0.1) is 11.9 Å². The van der Waals surface area contributed by atoms with Crippen molar-refractivity contribution in [3.63, 3.8) is 0 Å². The first-order valence-electron chi connectivity index (χ1n) is 7.54. The Balaban J connectivity index is 1.96. The standard InChI is InChI=1S/C15H23FN4O2/c1-5-12-11(16)10-17-13(18-12)19-6-8-20(9-7-19)14(21)22-15(2,3)4/h10H,5-9H2,1-4H3. The fourth-order valence-electron chi connectivity index (χ4n) is 2.21. The van der Waals surface area contributed by atoms with Crippen molar-refractivity contribution in [1.29, 1.82) is 0 Å². The summed E-state index contributed by atoms with van der Waals surface area (Å²) in [6, 6.07) is 0. The summed E-state index contributed by atoms with van der Waals surface area (Å²) in [7, 11) is 0. The van der Waals surface area contributed by atoms with Crippen molar-refractivity contribution >= 4 is 12.0 Å². The van der Waals surface area contributed by atoms with Gasteiger partial charge in [0.2, 0.25) is 5.95 Å². The van der Waals surface area contributed by atoms with Crippen molar-refractivity contribution in [3.05, 3.63) is 17.7 Å².